The van der Waals surface area contributed by atoms with Gasteiger partial charge in [-0.15, -0.1) is 0 Å². The van der Waals surface area contributed by atoms with Crippen LogP contribution in [0.15, 0.2) is 12.7 Å². The number of aliphatic hydroxyl groups excluding tert-OH is 1. The summed E-state index contributed by atoms with van der Waals surface area (Å²) >= 11 is 0. The van der Waals surface area contributed by atoms with Gasteiger partial charge in [0.15, 0.2) is 0 Å². The second kappa shape index (κ2) is 4.79. The highest BCUT2D eigenvalue weighted by Gasteiger charge is 2.33. The third-order valence-electron chi connectivity index (χ3n) is 3.20. The van der Waals surface area contributed by atoms with Gasteiger partial charge in [0.05, 0.1) is 6.10 Å². The zero-order valence-electron chi connectivity index (χ0n) is 9.62. The Kier molecular flexibility index (Phi) is 3.91. The van der Waals surface area contributed by atoms with Crippen molar-refractivity contribution in [3.8, 4) is 0 Å². The average molecular weight is 211 g/mol. The van der Waals surface area contributed by atoms with E-state index in [4.69, 9.17) is 0 Å². The van der Waals surface area contributed by atoms with E-state index < -0.39 is 0 Å². The predicted molar refractivity (Wildman–Crippen MR) is 60.3 cm³/mol. The Morgan fingerprint density at radius 3 is 2.93 bits per heavy atom. The fourth-order valence-corrected chi connectivity index (χ4v) is 2.23. The molecule has 0 bridgehead atoms. The topological polar surface area (TPSA) is 49.3 Å². The molecule has 1 aliphatic rings. The molecule has 1 saturated carbocycles. The molecule has 2 atom stereocenters. The van der Waals surface area contributed by atoms with Gasteiger partial charge in [-0.2, -0.15) is 0 Å². The molecule has 1 rings (SSSR count). The van der Waals surface area contributed by atoms with E-state index >= 15 is 0 Å². The van der Waals surface area contributed by atoms with Gasteiger partial charge in [0.25, 0.3) is 0 Å². The van der Waals surface area contributed by atoms with Crippen LogP contribution in [0.25, 0.3) is 0 Å². The van der Waals surface area contributed by atoms with Crippen molar-refractivity contribution in [1.29, 1.82) is 0 Å². The van der Waals surface area contributed by atoms with Crippen LogP contribution >= 0.6 is 0 Å². The first kappa shape index (κ1) is 12.2. The summed E-state index contributed by atoms with van der Waals surface area (Å²) in [6.45, 7) is 8.37. The Hall–Kier alpha value is -0.830. The molecule has 0 heterocycles. The lowest BCUT2D eigenvalue weighted by molar-refractivity contribution is -0.117. The maximum absolute atomic E-state index is 11.0. The van der Waals surface area contributed by atoms with Crippen molar-refractivity contribution < 1.29 is 9.90 Å². The number of carbonyl (C=O) groups excluding carboxylic acids is 1. The van der Waals surface area contributed by atoms with E-state index in [0.717, 1.165) is 19.3 Å². The van der Waals surface area contributed by atoms with Crippen molar-refractivity contribution >= 4 is 5.91 Å². The van der Waals surface area contributed by atoms with E-state index in [-0.39, 0.29) is 23.3 Å². The molecule has 0 saturated heterocycles. The molecule has 1 aliphatic carbocycles. The first-order valence-corrected chi connectivity index (χ1v) is 5.53. The lowest BCUT2D eigenvalue weighted by atomic mass is 9.71. The van der Waals surface area contributed by atoms with Gasteiger partial charge in [0.1, 0.15) is 0 Å². The molecule has 1 amide bonds. The molecule has 15 heavy (non-hydrogen) atoms. The van der Waals surface area contributed by atoms with Crippen LogP contribution in [0.3, 0.4) is 0 Å². The Bertz CT molecular complexity index is 248. The summed E-state index contributed by atoms with van der Waals surface area (Å²) in [4.78, 5) is 11.0. The zero-order valence-corrected chi connectivity index (χ0v) is 9.62. The molecule has 0 radical (unpaired) electrons. The molecule has 1 fully saturated rings. The van der Waals surface area contributed by atoms with Crippen LogP contribution in [-0.4, -0.2) is 23.7 Å². The SMILES string of the molecule is C=CC(=O)NCC1CC(C)(C)CCC1O. The number of hydrogen-bond acceptors (Lipinski definition) is 2. The van der Waals surface area contributed by atoms with Gasteiger partial charge in [-0.05, 0) is 30.8 Å². The van der Waals surface area contributed by atoms with Crippen LogP contribution in [0.4, 0.5) is 0 Å². The van der Waals surface area contributed by atoms with Gasteiger partial charge in [0, 0.05) is 12.5 Å². The van der Waals surface area contributed by atoms with Crippen molar-refractivity contribution in [1.82, 2.24) is 5.32 Å². The van der Waals surface area contributed by atoms with Crippen LogP contribution in [0, 0.1) is 11.3 Å². The molecule has 0 aliphatic heterocycles. The molecular formula is C12H21NO2. The Balaban J connectivity index is 2.44. The largest absolute Gasteiger partial charge is 0.393 e. The van der Waals surface area contributed by atoms with Gasteiger partial charge in [-0.25, -0.2) is 0 Å². The quantitative estimate of drug-likeness (QED) is 0.695. The summed E-state index contributed by atoms with van der Waals surface area (Å²) in [6.07, 6.45) is 3.84. The van der Waals surface area contributed by atoms with E-state index in [1.807, 2.05) is 0 Å². The molecule has 0 aromatic carbocycles. The third kappa shape index (κ3) is 3.67. The van der Waals surface area contributed by atoms with Crippen LogP contribution in [0.1, 0.15) is 33.1 Å². The summed E-state index contributed by atoms with van der Waals surface area (Å²) in [6, 6.07) is 0. The minimum absolute atomic E-state index is 0.162. The van der Waals surface area contributed by atoms with Gasteiger partial charge < -0.3 is 10.4 Å². The predicted octanol–water partition coefficient (Wildman–Crippen LogP) is 1.48. The van der Waals surface area contributed by atoms with E-state index in [0.29, 0.717) is 6.54 Å². The molecule has 2 N–H and O–H groups in total. The fraction of sp³-hybridized carbons (Fsp3) is 0.750. The molecular weight excluding hydrogens is 190 g/mol. The minimum Gasteiger partial charge on any atom is -0.393 e. The van der Waals surface area contributed by atoms with Gasteiger partial charge in [-0.1, -0.05) is 20.4 Å². The van der Waals surface area contributed by atoms with Gasteiger partial charge in [-0.3, -0.25) is 4.79 Å². The lowest BCUT2D eigenvalue weighted by Crippen LogP contribution is -2.40. The first-order chi connectivity index (χ1) is 6.94. The maximum Gasteiger partial charge on any atom is 0.243 e. The second-order valence-corrected chi connectivity index (χ2v) is 5.18. The lowest BCUT2D eigenvalue weighted by Gasteiger charge is -2.38. The molecule has 0 aromatic rings. The first-order valence-electron chi connectivity index (χ1n) is 5.53. The monoisotopic (exact) mass is 211 g/mol. The highest BCUT2D eigenvalue weighted by atomic mass is 16.3. The normalized spacial score (nSPS) is 29.5. The summed E-state index contributed by atoms with van der Waals surface area (Å²) < 4.78 is 0. The van der Waals surface area contributed by atoms with Crippen LogP contribution in [0.2, 0.25) is 0 Å². The van der Waals surface area contributed by atoms with E-state index in [1.54, 1.807) is 0 Å². The van der Waals surface area contributed by atoms with Crippen molar-refractivity contribution in [2.24, 2.45) is 11.3 Å². The molecule has 3 heteroatoms. The summed E-state index contributed by atoms with van der Waals surface area (Å²) in [5.74, 6) is 0.0169. The van der Waals surface area contributed by atoms with Gasteiger partial charge in [0.2, 0.25) is 5.91 Å². The number of nitrogens with one attached hydrogen (secondary N) is 1. The van der Waals surface area contributed by atoms with E-state index in [9.17, 15) is 9.90 Å². The summed E-state index contributed by atoms with van der Waals surface area (Å²) in [5, 5.41) is 12.6. The summed E-state index contributed by atoms with van der Waals surface area (Å²) in [7, 11) is 0. The van der Waals surface area contributed by atoms with E-state index in [1.165, 1.54) is 6.08 Å². The Morgan fingerprint density at radius 2 is 2.33 bits per heavy atom. The highest BCUT2D eigenvalue weighted by molar-refractivity contribution is 5.86. The number of aliphatic hydroxyl groups is 1. The molecule has 2 unspecified atom stereocenters. The molecule has 3 nitrogen and oxygen atoms in total. The highest BCUT2D eigenvalue weighted by Crippen LogP contribution is 2.38. The number of rotatable bonds is 3. The third-order valence-corrected chi connectivity index (χ3v) is 3.20. The summed E-state index contributed by atoms with van der Waals surface area (Å²) in [5.41, 5.74) is 0.281. The minimum atomic E-state index is -0.275. The van der Waals surface area contributed by atoms with Crippen molar-refractivity contribution in [2.45, 2.75) is 39.2 Å². The maximum atomic E-state index is 11.0. The second-order valence-electron chi connectivity index (χ2n) is 5.18. The van der Waals surface area contributed by atoms with Crippen LogP contribution < -0.4 is 5.32 Å². The smallest absolute Gasteiger partial charge is 0.243 e. The number of hydrogen-bond donors (Lipinski definition) is 2. The fourth-order valence-electron chi connectivity index (χ4n) is 2.23. The van der Waals surface area contributed by atoms with Gasteiger partial charge >= 0.3 is 0 Å². The molecule has 86 valence electrons. The van der Waals surface area contributed by atoms with Crippen molar-refractivity contribution in [2.75, 3.05) is 6.54 Å². The number of amides is 1. The van der Waals surface area contributed by atoms with Crippen LogP contribution in [0.5, 0.6) is 0 Å². The van der Waals surface area contributed by atoms with Crippen LogP contribution in [-0.2, 0) is 4.79 Å². The Labute approximate surface area is 91.6 Å². The average Bonchev–Trinajstić information content (AvgIpc) is 2.19. The standard InChI is InChI=1S/C12H21NO2/c1-4-11(15)13-8-9-7-12(2,3)6-5-10(9)14/h4,9-10,14H,1,5-8H2,2-3H3,(H,13,15). The zero-order chi connectivity index (χ0) is 11.5. The Morgan fingerprint density at radius 1 is 1.67 bits per heavy atom. The van der Waals surface area contributed by atoms with Crippen molar-refractivity contribution in [3.63, 3.8) is 0 Å². The number of carbonyl (C=O) groups is 1. The van der Waals surface area contributed by atoms with Crippen molar-refractivity contribution in [3.05, 3.63) is 12.7 Å². The molecule has 0 aromatic heterocycles. The molecule has 0 spiro atoms. The van der Waals surface area contributed by atoms with E-state index in [2.05, 4.69) is 25.7 Å².